The summed E-state index contributed by atoms with van der Waals surface area (Å²) in [7, 11) is 0. The van der Waals surface area contributed by atoms with Gasteiger partial charge in [-0.3, -0.25) is 4.79 Å². The van der Waals surface area contributed by atoms with Gasteiger partial charge in [0.1, 0.15) is 0 Å². The van der Waals surface area contributed by atoms with Gasteiger partial charge in [0.25, 0.3) is 5.91 Å². The highest BCUT2D eigenvalue weighted by Crippen LogP contribution is 2.38. The molecule has 0 radical (unpaired) electrons. The summed E-state index contributed by atoms with van der Waals surface area (Å²) in [4.78, 5) is 15.6. The van der Waals surface area contributed by atoms with Crippen LogP contribution in [0.25, 0.3) is 10.9 Å². The summed E-state index contributed by atoms with van der Waals surface area (Å²) in [6.07, 6.45) is 5.31. The third-order valence-corrected chi connectivity index (χ3v) is 4.49. The fraction of sp³-hybridized carbons (Fsp3) is 0.438. The Kier molecular flexibility index (Phi) is 2.89. The van der Waals surface area contributed by atoms with Gasteiger partial charge in [0.15, 0.2) is 0 Å². The van der Waals surface area contributed by atoms with Crippen molar-refractivity contribution >= 4 is 22.5 Å². The second kappa shape index (κ2) is 4.77. The Labute approximate surface area is 122 Å². The number of nitrogens with one attached hydrogen (secondary N) is 2. The van der Waals surface area contributed by atoms with Crippen LogP contribution in [0.2, 0.25) is 0 Å². The first-order valence-electron chi connectivity index (χ1n) is 7.51. The van der Waals surface area contributed by atoms with Crippen LogP contribution >= 0.6 is 0 Å². The molecule has 1 amide bonds. The van der Waals surface area contributed by atoms with E-state index >= 15 is 0 Å². The number of ether oxygens (including phenoxy) is 1. The average Bonchev–Trinajstić information content (AvgIpc) is 3.06. The lowest BCUT2D eigenvalue weighted by molar-refractivity contribution is 0.0730. The molecule has 4 rings (SSSR count). The normalized spacial score (nSPS) is 25.3. The van der Waals surface area contributed by atoms with Gasteiger partial charge in [-0.2, -0.15) is 0 Å². The molecule has 0 bridgehead atoms. The minimum Gasteiger partial charge on any atom is -0.399 e. The van der Waals surface area contributed by atoms with Crippen molar-refractivity contribution in [3.8, 4) is 0 Å². The van der Waals surface area contributed by atoms with Crippen LogP contribution in [-0.4, -0.2) is 29.6 Å². The van der Waals surface area contributed by atoms with Crippen LogP contribution in [0.4, 0.5) is 5.69 Å². The molecule has 2 aliphatic rings. The van der Waals surface area contributed by atoms with Gasteiger partial charge in [-0.25, -0.2) is 0 Å². The predicted molar refractivity (Wildman–Crippen MR) is 81.0 cm³/mol. The van der Waals surface area contributed by atoms with Crippen LogP contribution < -0.4 is 11.1 Å². The lowest BCUT2D eigenvalue weighted by Gasteiger charge is -2.19. The van der Waals surface area contributed by atoms with Crippen molar-refractivity contribution in [1.82, 2.24) is 10.3 Å². The van der Waals surface area contributed by atoms with E-state index in [-0.39, 0.29) is 18.1 Å². The summed E-state index contributed by atoms with van der Waals surface area (Å²) in [5, 5.41) is 4.05. The molecule has 5 heteroatoms. The van der Waals surface area contributed by atoms with Crippen molar-refractivity contribution in [3.63, 3.8) is 0 Å². The Morgan fingerprint density at radius 2 is 2.19 bits per heavy atom. The zero-order valence-electron chi connectivity index (χ0n) is 11.8. The van der Waals surface area contributed by atoms with Gasteiger partial charge in [-0.1, -0.05) is 0 Å². The van der Waals surface area contributed by atoms with Crippen molar-refractivity contribution in [2.45, 2.75) is 31.4 Å². The molecular weight excluding hydrogens is 266 g/mol. The number of hydrogen-bond donors (Lipinski definition) is 3. The molecule has 1 aliphatic carbocycles. The molecule has 1 aromatic heterocycles. The third kappa shape index (κ3) is 2.27. The second-order valence-electron chi connectivity index (χ2n) is 6.05. The van der Waals surface area contributed by atoms with Gasteiger partial charge < -0.3 is 20.8 Å². The van der Waals surface area contributed by atoms with E-state index in [0.29, 0.717) is 17.2 Å². The van der Waals surface area contributed by atoms with Gasteiger partial charge in [-0.15, -0.1) is 0 Å². The molecule has 2 heterocycles. The molecule has 4 N–H and O–H groups in total. The Balaban J connectivity index is 1.56. The quantitative estimate of drug-likeness (QED) is 0.755. The van der Waals surface area contributed by atoms with Gasteiger partial charge in [0.2, 0.25) is 0 Å². The maximum atomic E-state index is 12.5. The van der Waals surface area contributed by atoms with Crippen molar-refractivity contribution in [1.29, 1.82) is 0 Å². The van der Waals surface area contributed by atoms with E-state index in [2.05, 4.69) is 10.3 Å². The van der Waals surface area contributed by atoms with E-state index in [1.807, 2.05) is 18.2 Å². The number of H-pyrrole nitrogens is 1. The molecule has 1 saturated heterocycles. The number of fused-ring (bicyclic) bond motifs is 1. The van der Waals surface area contributed by atoms with Crippen LogP contribution in [0, 0.1) is 5.92 Å². The first-order valence-corrected chi connectivity index (χ1v) is 7.51. The summed E-state index contributed by atoms with van der Waals surface area (Å²) >= 11 is 0. The Bertz CT molecular complexity index is 690. The maximum absolute atomic E-state index is 12.5. The monoisotopic (exact) mass is 285 g/mol. The summed E-state index contributed by atoms with van der Waals surface area (Å²) in [6, 6.07) is 5.69. The van der Waals surface area contributed by atoms with E-state index in [1.54, 1.807) is 6.20 Å². The van der Waals surface area contributed by atoms with E-state index in [4.69, 9.17) is 10.5 Å². The van der Waals surface area contributed by atoms with Crippen molar-refractivity contribution < 1.29 is 9.53 Å². The number of carbonyl (C=O) groups excluding carboxylic acids is 1. The Hall–Kier alpha value is -2.01. The minimum absolute atomic E-state index is 0.0350. The number of amides is 1. The predicted octanol–water partition coefficient (Wildman–Crippen LogP) is 2.05. The summed E-state index contributed by atoms with van der Waals surface area (Å²) in [5.74, 6) is 0.604. The fourth-order valence-electron chi connectivity index (χ4n) is 3.23. The zero-order valence-corrected chi connectivity index (χ0v) is 11.8. The number of aromatic amines is 1. The average molecular weight is 285 g/mol. The highest BCUT2D eigenvalue weighted by atomic mass is 16.5. The van der Waals surface area contributed by atoms with E-state index in [0.717, 1.165) is 23.9 Å². The lowest BCUT2D eigenvalue weighted by atomic mass is 10.1. The maximum Gasteiger partial charge on any atom is 0.253 e. The van der Waals surface area contributed by atoms with Gasteiger partial charge in [-0.05, 0) is 43.4 Å². The standard InChI is InChI=1S/C16H19N3O2/c17-10-3-4-11-12(8-18-14(11)7-10)16(20)19-13-5-6-21-15(13)9-1-2-9/h3-4,7-9,13,15,18H,1-2,5-6,17H2,(H,19,20). The Morgan fingerprint density at radius 1 is 1.33 bits per heavy atom. The number of rotatable bonds is 3. The van der Waals surface area contributed by atoms with Crippen molar-refractivity contribution in [3.05, 3.63) is 30.0 Å². The molecule has 2 unspecified atom stereocenters. The first kappa shape index (κ1) is 12.7. The van der Waals surface area contributed by atoms with Crippen LogP contribution in [0.5, 0.6) is 0 Å². The van der Waals surface area contributed by atoms with E-state index < -0.39 is 0 Å². The molecule has 21 heavy (non-hydrogen) atoms. The van der Waals surface area contributed by atoms with Gasteiger partial charge >= 0.3 is 0 Å². The molecule has 1 aromatic carbocycles. The second-order valence-corrected chi connectivity index (χ2v) is 6.05. The molecule has 2 atom stereocenters. The molecular formula is C16H19N3O2. The fourth-order valence-corrected chi connectivity index (χ4v) is 3.23. The van der Waals surface area contributed by atoms with Crippen LogP contribution in [-0.2, 0) is 4.74 Å². The molecule has 1 aliphatic heterocycles. The number of hydrogen-bond acceptors (Lipinski definition) is 3. The number of benzene rings is 1. The molecule has 2 fully saturated rings. The zero-order chi connectivity index (χ0) is 14.4. The van der Waals surface area contributed by atoms with Gasteiger partial charge in [0.05, 0.1) is 17.7 Å². The third-order valence-electron chi connectivity index (χ3n) is 4.49. The summed E-state index contributed by atoms with van der Waals surface area (Å²) in [6.45, 7) is 0.747. The van der Waals surface area contributed by atoms with Crippen molar-refractivity contribution in [2.24, 2.45) is 5.92 Å². The summed E-state index contributed by atoms with van der Waals surface area (Å²) < 4.78 is 5.77. The molecule has 110 valence electrons. The van der Waals surface area contributed by atoms with E-state index in [1.165, 1.54) is 12.8 Å². The van der Waals surface area contributed by atoms with Gasteiger partial charge in [0, 0.05) is 29.4 Å². The topological polar surface area (TPSA) is 80.1 Å². The number of carbonyl (C=O) groups is 1. The van der Waals surface area contributed by atoms with Crippen LogP contribution in [0.1, 0.15) is 29.6 Å². The highest BCUT2D eigenvalue weighted by Gasteiger charge is 2.41. The largest absolute Gasteiger partial charge is 0.399 e. The number of nitrogen functional groups attached to an aromatic ring is 1. The van der Waals surface area contributed by atoms with Crippen LogP contribution in [0.3, 0.4) is 0 Å². The first-order chi connectivity index (χ1) is 10.2. The number of nitrogens with two attached hydrogens (primary N) is 1. The SMILES string of the molecule is Nc1ccc2c(C(=O)NC3CCOC3C3CC3)c[nH]c2c1. The lowest BCUT2D eigenvalue weighted by Crippen LogP contribution is -2.41. The minimum atomic E-state index is -0.0350. The summed E-state index contributed by atoms with van der Waals surface area (Å²) in [5.41, 5.74) is 8.01. The van der Waals surface area contributed by atoms with E-state index in [9.17, 15) is 4.79 Å². The van der Waals surface area contributed by atoms with Crippen molar-refractivity contribution in [2.75, 3.05) is 12.3 Å². The highest BCUT2D eigenvalue weighted by molar-refractivity contribution is 6.07. The number of anilines is 1. The molecule has 0 spiro atoms. The number of aromatic nitrogens is 1. The molecule has 2 aromatic rings. The Morgan fingerprint density at radius 3 is 3.00 bits per heavy atom. The smallest absolute Gasteiger partial charge is 0.253 e. The van der Waals surface area contributed by atoms with Crippen LogP contribution in [0.15, 0.2) is 24.4 Å². The molecule has 1 saturated carbocycles. The molecule has 5 nitrogen and oxygen atoms in total.